The normalized spacial score (nSPS) is 10.2. The van der Waals surface area contributed by atoms with Crippen molar-refractivity contribution in [2.75, 3.05) is 13.2 Å². The van der Waals surface area contributed by atoms with Crippen molar-refractivity contribution < 1.29 is 19.5 Å². The molecule has 0 saturated heterocycles. The molecule has 0 aliphatic carbocycles. The highest BCUT2D eigenvalue weighted by atomic mass is 32.2. The van der Waals surface area contributed by atoms with Crippen molar-refractivity contribution in [2.24, 2.45) is 0 Å². The minimum absolute atomic E-state index is 0.178. The summed E-state index contributed by atoms with van der Waals surface area (Å²) in [6.07, 6.45) is 1.73. The van der Waals surface area contributed by atoms with Gasteiger partial charge in [0.2, 0.25) is 0 Å². The lowest BCUT2D eigenvalue weighted by atomic mass is 10.1. The van der Waals surface area contributed by atoms with Gasteiger partial charge >= 0.3 is 5.24 Å². The predicted molar refractivity (Wildman–Crippen MR) is 110 cm³/mol. The van der Waals surface area contributed by atoms with Crippen molar-refractivity contribution in [2.45, 2.75) is 4.90 Å². The fourth-order valence-corrected chi connectivity index (χ4v) is 3.03. The molecule has 7 nitrogen and oxygen atoms in total. The van der Waals surface area contributed by atoms with Crippen LogP contribution in [0.15, 0.2) is 77.8 Å². The third kappa shape index (κ3) is 6.06. The summed E-state index contributed by atoms with van der Waals surface area (Å²) < 4.78 is 5.57. The molecular formula is C21H19N3O4S. The van der Waals surface area contributed by atoms with Crippen LogP contribution in [0.5, 0.6) is 5.75 Å². The molecule has 0 aliphatic rings. The molecule has 0 atom stereocenters. The van der Waals surface area contributed by atoms with E-state index in [1.165, 1.54) is 0 Å². The van der Waals surface area contributed by atoms with Crippen LogP contribution >= 0.6 is 11.8 Å². The number of amides is 2. The van der Waals surface area contributed by atoms with E-state index in [1.807, 2.05) is 30.3 Å². The van der Waals surface area contributed by atoms with Crippen LogP contribution in [0.1, 0.15) is 10.4 Å². The van der Waals surface area contributed by atoms with E-state index >= 15 is 0 Å². The van der Waals surface area contributed by atoms with E-state index in [4.69, 9.17) is 9.94 Å². The molecule has 0 fully saturated rings. The van der Waals surface area contributed by atoms with Gasteiger partial charge in [-0.15, -0.1) is 0 Å². The summed E-state index contributed by atoms with van der Waals surface area (Å²) in [5.41, 5.74) is 3.92. The van der Waals surface area contributed by atoms with Crippen molar-refractivity contribution in [3.63, 3.8) is 0 Å². The first-order valence-electron chi connectivity index (χ1n) is 8.80. The third-order valence-electron chi connectivity index (χ3n) is 3.89. The third-order valence-corrected chi connectivity index (χ3v) is 4.67. The van der Waals surface area contributed by atoms with E-state index in [-0.39, 0.29) is 5.91 Å². The number of nitrogens with zero attached hydrogens (tertiary/aromatic N) is 1. The molecule has 3 aromatic rings. The maximum absolute atomic E-state index is 12.2. The molecule has 29 heavy (non-hydrogen) atoms. The number of aromatic nitrogens is 1. The van der Waals surface area contributed by atoms with Crippen molar-refractivity contribution in [3.8, 4) is 17.0 Å². The average Bonchev–Trinajstić information content (AvgIpc) is 2.78. The highest BCUT2D eigenvalue weighted by Gasteiger charge is 2.06. The van der Waals surface area contributed by atoms with Crippen LogP contribution in [-0.4, -0.2) is 34.5 Å². The number of hydroxylamine groups is 1. The first-order valence-corrected chi connectivity index (χ1v) is 9.62. The predicted octanol–water partition coefficient (Wildman–Crippen LogP) is 3.75. The Labute approximate surface area is 172 Å². The summed E-state index contributed by atoms with van der Waals surface area (Å²) in [4.78, 5) is 28.3. The van der Waals surface area contributed by atoms with E-state index in [0.717, 1.165) is 23.0 Å². The zero-order chi connectivity index (χ0) is 20.5. The second-order valence-electron chi connectivity index (χ2n) is 5.87. The zero-order valence-corrected chi connectivity index (χ0v) is 16.2. The molecule has 1 heterocycles. The van der Waals surface area contributed by atoms with Crippen LogP contribution < -0.4 is 15.5 Å². The quantitative estimate of drug-likeness (QED) is 0.238. The molecule has 3 N–H and O–H groups in total. The van der Waals surface area contributed by atoms with Gasteiger partial charge in [-0.3, -0.25) is 19.8 Å². The smallest absolute Gasteiger partial charge is 0.307 e. The number of hydrogen-bond donors (Lipinski definition) is 3. The SMILES string of the molecule is O=C(NO)Sc1ccc(OCCNC(=O)c2ccc(-c3ccccn3)cc2)cc1. The second kappa shape index (κ2) is 10.3. The van der Waals surface area contributed by atoms with Crippen molar-refractivity contribution >= 4 is 22.9 Å². The Morgan fingerprint density at radius 1 is 1.00 bits per heavy atom. The Balaban J connectivity index is 1.43. The minimum atomic E-state index is -0.561. The Morgan fingerprint density at radius 3 is 2.41 bits per heavy atom. The number of pyridine rings is 1. The molecule has 2 amide bonds. The number of rotatable bonds is 7. The van der Waals surface area contributed by atoms with Crippen molar-refractivity contribution in [3.05, 3.63) is 78.5 Å². The van der Waals surface area contributed by atoms with Gasteiger partial charge in [-0.05, 0) is 60.3 Å². The van der Waals surface area contributed by atoms with Gasteiger partial charge in [0.15, 0.2) is 0 Å². The summed E-state index contributed by atoms with van der Waals surface area (Å²) >= 11 is 0.865. The maximum Gasteiger partial charge on any atom is 0.307 e. The van der Waals surface area contributed by atoms with Crippen LogP contribution in [-0.2, 0) is 0 Å². The molecule has 1 aromatic heterocycles. The summed E-state index contributed by atoms with van der Waals surface area (Å²) in [5, 5.41) is 10.8. The van der Waals surface area contributed by atoms with E-state index in [2.05, 4.69) is 10.3 Å². The summed E-state index contributed by atoms with van der Waals surface area (Å²) in [6, 6.07) is 19.8. The highest BCUT2D eigenvalue weighted by Crippen LogP contribution is 2.21. The molecule has 8 heteroatoms. The molecule has 0 spiro atoms. The number of ether oxygens (including phenoxy) is 1. The van der Waals surface area contributed by atoms with E-state index in [0.29, 0.717) is 29.4 Å². The average molecular weight is 409 g/mol. The number of nitrogens with one attached hydrogen (secondary N) is 2. The first kappa shape index (κ1) is 20.4. The molecule has 2 aromatic carbocycles. The molecule has 0 saturated carbocycles. The number of thioether (sulfide) groups is 1. The second-order valence-corrected chi connectivity index (χ2v) is 6.92. The van der Waals surface area contributed by atoms with Crippen molar-refractivity contribution in [1.82, 2.24) is 15.8 Å². The molecule has 0 bridgehead atoms. The molecule has 0 aliphatic heterocycles. The number of carbonyl (C=O) groups excluding carboxylic acids is 2. The Kier molecular flexibility index (Phi) is 7.21. The van der Waals surface area contributed by atoms with Crippen LogP contribution in [0.3, 0.4) is 0 Å². The fraction of sp³-hybridized carbons (Fsp3) is 0.0952. The van der Waals surface area contributed by atoms with Gasteiger partial charge in [-0.2, -0.15) is 0 Å². The van der Waals surface area contributed by atoms with Crippen LogP contribution in [0.4, 0.5) is 4.79 Å². The maximum atomic E-state index is 12.2. The first-order chi connectivity index (χ1) is 14.2. The lowest BCUT2D eigenvalue weighted by molar-refractivity contribution is 0.0947. The number of hydrogen-bond acceptors (Lipinski definition) is 6. The summed E-state index contributed by atoms with van der Waals surface area (Å²) in [6.45, 7) is 0.658. The molecule has 3 rings (SSSR count). The van der Waals surface area contributed by atoms with Crippen LogP contribution in [0.25, 0.3) is 11.3 Å². The lowest BCUT2D eigenvalue weighted by Gasteiger charge is -2.09. The largest absolute Gasteiger partial charge is 0.492 e. The van der Waals surface area contributed by atoms with Gasteiger partial charge in [0, 0.05) is 22.2 Å². The fourth-order valence-electron chi connectivity index (χ4n) is 2.50. The zero-order valence-electron chi connectivity index (χ0n) is 15.4. The highest BCUT2D eigenvalue weighted by molar-refractivity contribution is 8.13. The molecule has 0 unspecified atom stereocenters. The lowest BCUT2D eigenvalue weighted by Crippen LogP contribution is -2.28. The number of benzene rings is 2. The molecular weight excluding hydrogens is 390 g/mol. The monoisotopic (exact) mass is 409 g/mol. The molecule has 0 radical (unpaired) electrons. The summed E-state index contributed by atoms with van der Waals surface area (Å²) in [5.74, 6) is 0.440. The van der Waals surface area contributed by atoms with Gasteiger partial charge in [0.05, 0.1) is 12.2 Å². The Bertz CT molecular complexity index is 948. The standard InChI is InChI=1S/C21H19N3O4S/c25-20(16-6-4-15(5-7-16)19-3-1-2-12-22-19)23-13-14-28-17-8-10-18(11-9-17)29-21(26)24-27/h1-12,27H,13-14H2,(H,23,25)(H,24,26). The van der Waals surface area contributed by atoms with Crippen LogP contribution in [0, 0.1) is 0 Å². The molecule has 148 valence electrons. The van der Waals surface area contributed by atoms with Gasteiger partial charge < -0.3 is 10.1 Å². The summed E-state index contributed by atoms with van der Waals surface area (Å²) in [7, 11) is 0. The topological polar surface area (TPSA) is 101 Å². The van der Waals surface area contributed by atoms with E-state index in [9.17, 15) is 9.59 Å². The Morgan fingerprint density at radius 2 is 1.76 bits per heavy atom. The van der Waals surface area contributed by atoms with Gasteiger partial charge in [-0.25, -0.2) is 5.48 Å². The van der Waals surface area contributed by atoms with E-state index in [1.54, 1.807) is 48.1 Å². The van der Waals surface area contributed by atoms with E-state index < -0.39 is 5.24 Å². The van der Waals surface area contributed by atoms with Gasteiger partial charge in [0.1, 0.15) is 12.4 Å². The van der Waals surface area contributed by atoms with Gasteiger partial charge in [-0.1, -0.05) is 18.2 Å². The van der Waals surface area contributed by atoms with Crippen LogP contribution in [0.2, 0.25) is 0 Å². The van der Waals surface area contributed by atoms with Crippen molar-refractivity contribution in [1.29, 1.82) is 0 Å². The Hall–Kier alpha value is -3.36. The van der Waals surface area contributed by atoms with Gasteiger partial charge in [0.25, 0.3) is 5.91 Å². The minimum Gasteiger partial charge on any atom is -0.492 e. The number of carbonyl (C=O) groups is 2.